The van der Waals surface area contributed by atoms with Crippen molar-refractivity contribution in [1.82, 2.24) is 9.97 Å². The molecule has 0 amide bonds. The summed E-state index contributed by atoms with van der Waals surface area (Å²) in [7, 11) is 0. The summed E-state index contributed by atoms with van der Waals surface area (Å²) in [5.41, 5.74) is 0.855. The van der Waals surface area contributed by atoms with E-state index < -0.39 is 0 Å². The standard InChI is InChI=1S/C6H9N3O/c1-4-3-6(10-7)9-5(2)8-4/h3H,7H2,1-2H3. The molecule has 1 rings (SSSR count). The Hall–Kier alpha value is -1.16. The van der Waals surface area contributed by atoms with Gasteiger partial charge in [-0.3, -0.25) is 0 Å². The normalized spacial score (nSPS) is 9.50. The van der Waals surface area contributed by atoms with Crippen molar-refractivity contribution in [1.29, 1.82) is 0 Å². The Bertz CT molecular complexity index is 216. The molecule has 1 aromatic heterocycles. The third kappa shape index (κ3) is 1.41. The van der Waals surface area contributed by atoms with Crippen LogP contribution < -0.4 is 10.7 Å². The minimum absolute atomic E-state index is 0.407. The summed E-state index contributed by atoms with van der Waals surface area (Å²) < 4.78 is 0. The van der Waals surface area contributed by atoms with E-state index in [2.05, 4.69) is 14.8 Å². The van der Waals surface area contributed by atoms with E-state index in [1.165, 1.54) is 0 Å². The van der Waals surface area contributed by atoms with Gasteiger partial charge in [-0.1, -0.05) is 0 Å². The third-order valence-electron chi connectivity index (χ3n) is 1.06. The molecule has 0 aliphatic heterocycles. The first kappa shape index (κ1) is 6.95. The lowest BCUT2D eigenvalue weighted by Gasteiger charge is -1.98. The zero-order valence-electron chi connectivity index (χ0n) is 5.96. The van der Waals surface area contributed by atoms with Crippen molar-refractivity contribution in [2.24, 2.45) is 5.90 Å². The number of nitrogens with two attached hydrogens (primary N) is 1. The van der Waals surface area contributed by atoms with Crippen LogP contribution in [0.2, 0.25) is 0 Å². The topological polar surface area (TPSA) is 61.0 Å². The fourth-order valence-electron chi connectivity index (χ4n) is 0.743. The van der Waals surface area contributed by atoms with Crippen LogP contribution in [0.25, 0.3) is 0 Å². The van der Waals surface area contributed by atoms with Crippen molar-refractivity contribution in [3.63, 3.8) is 0 Å². The summed E-state index contributed by atoms with van der Waals surface area (Å²) >= 11 is 0. The minimum atomic E-state index is 0.407. The molecule has 0 atom stereocenters. The highest BCUT2D eigenvalue weighted by Gasteiger charge is 1.96. The Labute approximate surface area is 59.0 Å². The van der Waals surface area contributed by atoms with E-state index in [1.54, 1.807) is 13.0 Å². The van der Waals surface area contributed by atoms with E-state index in [4.69, 9.17) is 5.90 Å². The maximum Gasteiger partial charge on any atom is 0.240 e. The Morgan fingerprint density at radius 2 is 2.10 bits per heavy atom. The maximum absolute atomic E-state index is 4.90. The van der Waals surface area contributed by atoms with Crippen molar-refractivity contribution in [2.45, 2.75) is 13.8 Å². The van der Waals surface area contributed by atoms with Gasteiger partial charge in [0.2, 0.25) is 5.88 Å². The molecular formula is C6H9N3O. The lowest BCUT2D eigenvalue weighted by atomic mass is 10.4. The van der Waals surface area contributed by atoms with Gasteiger partial charge in [0.05, 0.1) is 0 Å². The summed E-state index contributed by atoms with van der Waals surface area (Å²) in [5, 5.41) is 0. The number of hydrogen-bond acceptors (Lipinski definition) is 4. The largest absolute Gasteiger partial charge is 0.391 e. The van der Waals surface area contributed by atoms with Gasteiger partial charge in [0, 0.05) is 11.8 Å². The molecule has 0 saturated carbocycles. The Morgan fingerprint density at radius 3 is 2.60 bits per heavy atom. The first-order chi connectivity index (χ1) is 4.72. The van der Waals surface area contributed by atoms with Crippen LogP contribution in [0.1, 0.15) is 11.5 Å². The molecule has 0 bridgehead atoms. The second-order valence-corrected chi connectivity index (χ2v) is 2.01. The lowest BCUT2D eigenvalue weighted by Crippen LogP contribution is -2.05. The number of hydrogen-bond donors (Lipinski definition) is 1. The number of aromatic nitrogens is 2. The highest BCUT2D eigenvalue weighted by molar-refractivity contribution is 5.14. The molecule has 0 radical (unpaired) electrons. The Balaban J connectivity index is 3.06. The highest BCUT2D eigenvalue weighted by Crippen LogP contribution is 2.05. The fraction of sp³-hybridized carbons (Fsp3) is 0.333. The van der Waals surface area contributed by atoms with Crippen LogP contribution in [-0.2, 0) is 0 Å². The van der Waals surface area contributed by atoms with Gasteiger partial charge in [0.15, 0.2) is 0 Å². The molecule has 0 aromatic carbocycles. The van der Waals surface area contributed by atoms with Crippen LogP contribution in [-0.4, -0.2) is 9.97 Å². The molecule has 10 heavy (non-hydrogen) atoms. The van der Waals surface area contributed by atoms with E-state index in [9.17, 15) is 0 Å². The molecular weight excluding hydrogens is 130 g/mol. The number of aryl methyl sites for hydroxylation is 2. The predicted octanol–water partition coefficient (Wildman–Crippen LogP) is 0.346. The molecule has 1 heterocycles. The highest BCUT2D eigenvalue weighted by atomic mass is 16.6. The molecule has 0 unspecified atom stereocenters. The SMILES string of the molecule is Cc1cc(ON)nc(C)n1. The molecule has 0 spiro atoms. The average Bonchev–Trinajstić information content (AvgIpc) is 1.85. The lowest BCUT2D eigenvalue weighted by molar-refractivity contribution is 0.319. The van der Waals surface area contributed by atoms with E-state index in [-0.39, 0.29) is 0 Å². The van der Waals surface area contributed by atoms with Crippen LogP contribution in [0.15, 0.2) is 6.07 Å². The van der Waals surface area contributed by atoms with E-state index in [0.717, 1.165) is 5.69 Å². The van der Waals surface area contributed by atoms with Crippen LogP contribution in [0.5, 0.6) is 5.88 Å². The van der Waals surface area contributed by atoms with Gasteiger partial charge in [0.25, 0.3) is 0 Å². The van der Waals surface area contributed by atoms with Gasteiger partial charge < -0.3 is 4.84 Å². The van der Waals surface area contributed by atoms with Gasteiger partial charge in [0.1, 0.15) is 5.82 Å². The zero-order valence-corrected chi connectivity index (χ0v) is 5.96. The molecule has 0 saturated heterocycles. The molecule has 2 N–H and O–H groups in total. The molecule has 0 aliphatic rings. The van der Waals surface area contributed by atoms with Gasteiger partial charge in [-0.05, 0) is 13.8 Å². The quantitative estimate of drug-likeness (QED) is 0.570. The third-order valence-corrected chi connectivity index (χ3v) is 1.06. The van der Waals surface area contributed by atoms with Crippen molar-refractivity contribution in [3.8, 4) is 5.88 Å². The second-order valence-electron chi connectivity index (χ2n) is 2.01. The summed E-state index contributed by atoms with van der Waals surface area (Å²) in [5.74, 6) is 5.97. The van der Waals surface area contributed by atoms with Crippen molar-refractivity contribution < 1.29 is 4.84 Å². The fourth-order valence-corrected chi connectivity index (χ4v) is 0.743. The van der Waals surface area contributed by atoms with Gasteiger partial charge >= 0.3 is 0 Å². The Kier molecular flexibility index (Phi) is 1.82. The molecule has 0 aliphatic carbocycles. The van der Waals surface area contributed by atoms with Crippen molar-refractivity contribution in [3.05, 3.63) is 17.6 Å². The monoisotopic (exact) mass is 139 g/mol. The minimum Gasteiger partial charge on any atom is -0.391 e. The van der Waals surface area contributed by atoms with Gasteiger partial charge in [-0.25, -0.2) is 4.98 Å². The maximum atomic E-state index is 4.90. The first-order valence-electron chi connectivity index (χ1n) is 2.91. The van der Waals surface area contributed by atoms with Gasteiger partial charge in [-0.2, -0.15) is 10.9 Å². The molecule has 1 aromatic rings. The number of nitrogens with zero attached hydrogens (tertiary/aromatic N) is 2. The molecule has 54 valence electrons. The average molecular weight is 139 g/mol. The molecule has 4 heteroatoms. The van der Waals surface area contributed by atoms with E-state index in [1.807, 2.05) is 6.92 Å². The van der Waals surface area contributed by atoms with Crippen molar-refractivity contribution >= 4 is 0 Å². The Morgan fingerprint density at radius 1 is 1.40 bits per heavy atom. The van der Waals surface area contributed by atoms with Crippen LogP contribution in [0, 0.1) is 13.8 Å². The van der Waals surface area contributed by atoms with E-state index in [0.29, 0.717) is 11.7 Å². The second kappa shape index (κ2) is 2.62. The summed E-state index contributed by atoms with van der Waals surface area (Å²) in [6, 6.07) is 1.67. The zero-order chi connectivity index (χ0) is 7.56. The molecule has 0 fully saturated rings. The summed E-state index contributed by atoms with van der Waals surface area (Å²) in [6.45, 7) is 3.65. The molecule has 4 nitrogen and oxygen atoms in total. The van der Waals surface area contributed by atoms with Gasteiger partial charge in [-0.15, -0.1) is 0 Å². The van der Waals surface area contributed by atoms with Crippen LogP contribution >= 0.6 is 0 Å². The van der Waals surface area contributed by atoms with Crippen LogP contribution in [0.4, 0.5) is 0 Å². The number of rotatable bonds is 1. The smallest absolute Gasteiger partial charge is 0.240 e. The summed E-state index contributed by atoms with van der Waals surface area (Å²) in [4.78, 5) is 12.4. The van der Waals surface area contributed by atoms with Crippen molar-refractivity contribution in [2.75, 3.05) is 0 Å². The van der Waals surface area contributed by atoms with Crippen LogP contribution in [0.3, 0.4) is 0 Å². The summed E-state index contributed by atoms with van der Waals surface area (Å²) in [6.07, 6.45) is 0. The first-order valence-corrected chi connectivity index (χ1v) is 2.91. The predicted molar refractivity (Wildman–Crippen MR) is 36.3 cm³/mol. The van der Waals surface area contributed by atoms with E-state index >= 15 is 0 Å².